The Balaban J connectivity index is 3.13. The molecule has 0 radical (unpaired) electrons. The topological polar surface area (TPSA) is 40.5 Å². The van der Waals surface area contributed by atoms with Crippen LogP contribution in [0.5, 0.6) is 5.75 Å². The third-order valence-electron chi connectivity index (χ3n) is 1.25. The molecule has 0 saturated carbocycles. The van der Waals surface area contributed by atoms with Crippen LogP contribution in [-0.2, 0) is 0 Å². The molecule has 60 valence electrons. The highest BCUT2D eigenvalue weighted by molar-refractivity contribution is 6.30. The van der Waals surface area contributed by atoms with Crippen molar-refractivity contribution >= 4 is 23.2 Å². The second-order valence-electron chi connectivity index (χ2n) is 2.04. The van der Waals surface area contributed by atoms with Gasteiger partial charge in [-0.3, -0.25) is 0 Å². The number of alkyl halides is 1. The number of aromatic hydroxyl groups is 1. The molecule has 1 aromatic carbocycles. The highest BCUT2D eigenvalue weighted by atomic mass is 35.5. The molecule has 1 aromatic rings. The molecule has 11 heavy (non-hydrogen) atoms. The third-order valence-corrected chi connectivity index (χ3v) is 1.72. The van der Waals surface area contributed by atoms with Crippen LogP contribution in [0, 0.1) is 0 Å². The van der Waals surface area contributed by atoms with Gasteiger partial charge in [-0.1, -0.05) is 23.2 Å². The molecule has 2 N–H and O–H groups in total. The number of rotatable bonds is 1. The average Bonchev–Trinajstić information content (AvgIpc) is 1.94. The Bertz CT molecular complexity index is 261. The van der Waals surface area contributed by atoms with E-state index in [0.717, 1.165) is 0 Å². The molecule has 1 rings (SSSR count). The lowest BCUT2D eigenvalue weighted by Gasteiger charge is -2.04. The fourth-order valence-corrected chi connectivity index (χ4v) is 1.07. The van der Waals surface area contributed by atoms with Gasteiger partial charge in [-0.2, -0.15) is 0 Å². The Morgan fingerprint density at radius 2 is 2.00 bits per heavy atom. The zero-order valence-corrected chi connectivity index (χ0v) is 6.97. The van der Waals surface area contributed by atoms with Crippen LogP contribution in [0.15, 0.2) is 18.2 Å². The predicted molar refractivity (Wildman–Crippen MR) is 43.9 cm³/mol. The second kappa shape index (κ2) is 3.30. The van der Waals surface area contributed by atoms with E-state index in [4.69, 9.17) is 33.4 Å². The van der Waals surface area contributed by atoms with E-state index in [1.54, 1.807) is 0 Å². The number of phenols is 1. The van der Waals surface area contributed by atoms with Crippen molar-refractivity contribution in [2.24, 2.45) is 0 Å². The van der Waals surface area contributed by atoms with E-state index < -0.39 is 5.56 Å². The van der Waals surface area contributed by atoms with Crippen molar-refractivity contribution in [2.75, 3.05) is 0 Å². The lowest BCUT2D eigenvalue weighted by atomic mass is 10.2. The van der Waals surface area contributed by atoms with Crippen molar-refractivity contribution in [1.29, 1.82) is 0 Å². The summed E-state index contributed by atoms with van der Waals surface area (Å²) >= 11 is 10.9. The maximum atomic E-state index is 9.10. The van der Waals surface area contributed by atoms with Gasteiger partial charge in [-0.05, 0) is 18.2 Å². The van der Waals surface area contributed by atoms with E-state index in [-0.39, 0.29) is 11.3 Å². The molecule has 4 heteroatoms. The molecule has 0 aliphatic heterocycles. The SMILES string of the molecule is Oc1ccc(Cl)cc1C(O)Cl. The first-order valence-electron chi connectivity index (χ1n) is 2.92. The van der Waals surface area contributed by atoms with E-state index in [9.17, 15) is 0 Å². The smallest absolute Gasteiger partial charge is 0.157 e. The summed E-state index contributed by atoms with van der Waals surface area (Å²) in [5.41, 5.74) is -0.993. The van der Waals surface area contributed by atoms with Crippen LogP contribution >= 0.6 is 23.2 Å². The highest BCUT2D eigenvalue weighted by Gasteiger charge is 2.08. The lowest BCUT2D eigenvalue weighted by molar-refractivity contribution is 0.257. The predicted octanol–water partition coefficient (Wildman–Crippen LogP) is 2.28. The standard InChI is InChI=1S/C7H6Cl2O2/c8-4-1-2-6(10)5(3-4)7(9)11/h1-3,7,10-11H. The van der Waals surface area contributed by atoms with Crippen molar-refractivity contribution in [2.45, 2.75) is 5.56 Å². The van der Waals surface area contributed by atoms with Gasteiger partial charge >= 0.3 is 0 Å². The number of halogens is 2. The molecule has 0 spiro atoms. The number of hydrogen-bond acceptors (Lipinski definition) is 2. The Labute approximate surface area is 74.0 Å². The normalized spacial score (nSPS) is 13.0. The van der Waals surface area contributed by atoms with Crippen LogP contribution in [0.3, 0.4) is 0 Å². The summed E-state index contributed by atoms with van der Waals surface area (Å²) in [7, 11) is 0. The number of benzene rings is 1. The summed E-state index contributed by atoms with van der Waals surface area (Å²) in [5, 5.41) is 18.4. The summed E-state index contributed by atoms with van der Waals surface area (Å²) in [5.74, 6) is -0.0584. The molecular weight excluding hydrogens is 187 g/mol. The van der Waals surface area contributed by atoms with Gasteiger partial charge in [0.15, 0.2) is 5.56 Å². The van der Waals surface area contributed by atoms with Crippen LogP contribution in [-0.4, -0.2) is 10.2 Å². The van der Waals surface area contributed by atoms with E-state index in [1.165, 1.54) is 18.2 Å². The van der Waals surface area contributed by atoms with Crippen molar-refractivity contribution in [3.63, 3.8) is 0 Å². The first-order valence-corrected chi connectivity index (χ1v) is 3.73. The zero-order chi connectivity index (χ0) is 8.43. The molecule has 0 aliphatic rings. The Kier molecular flexibility index (Phi) is 2.60. The number of aliphatic hydroxyl groups excluding tert-OH is 1. The maximum absolute atomic E-state index is 9.10. The molecule has 1 unspecified atom stereocenters. The molecule has 0 bridgehead atoms. The summed E-state index contributed by atoms with van der Waals surface area (Å²) < 4.78 is 0. The van der Waals surface area contributed by atoms with Crippen LogP contribution in [0.2, 0.25) is 5.02 Å². The first-order chi connectivity index (χ1) is 5.11. The van der Waals surface area contributed by atoms with Gasteiger partial charge in [-0.15, -0.1) is 0 Å². The Hall–Kier alpha value is -0.440. The van der Waals surface area contributed by atoms with Crippen LogP contribution in [0.1, 0.15) is 11.1 Å². The quantitative estimate of drug-likeness (QED) is 0.671. The van der Waals surface area contributed by atoms with E-state index in [0.29, 0.717) is 5.02 Å². The van der Waals surface area contributed by atoms with Crippen molar-refractivity contribution < 1.29 is 10.2 Å². The molecule has 0 fully saturated rings. The van der Waals surface area contributed by atoms with E-state index in [2.05, 4.69) is 0 Å². The van der Waals surface area contributed by atoms with Crippen molar-refractivity contribution in [3.05, 3.63) is 28.8 Å². The number of phenolic OH excluding ortho intramolecular Hbond substituents is 1. The molecule has 0 aliphatic carbocycles. The lowest BCUT2D eigenvalue weighted by Crippen LogP contribution is -1.87. The molecular formula is C7H6Cl2O2. The van der Waals surface area contributed by atoms with Gasteiger partial charge in [0.05, 0.1) is 0 Å². The molecule has 0 heterocycles. The van der Waals surface area contributed by atoms with E-state index >= 15 is 0 Å². The van der Waals surface area contributed by atoms with Crippen molar-refractivity contribution in [3.8, 4) is 5.75 Å². The molecule has 0 amide bonds. The van der Waals surface area contributed by atoms with Crippen LogP contribution < -0.4 is 0 Å². The monoisotopic (exact) mass is 192 g/mol. The maximum Gasteiger partial charge on any atom is 0.157 e. The Morgan fingerprint density at radius 3 is 2.45 bits per heavy atom. The average molecular weight is 193 g/mol. The summed E-state index contributed by atoms with van der Waals surface area (Å²) in [6, 6.07) is 4.30. The second-order valence-corrected chi connectivity index (χ2v) is 2.89. The van der Waals surface area contributed by atoms with Gasteiger partial charge in [0, 0.05) is 10.6 Å². The molecule has 0 aromatic heterocycles. The van der Waals surface area contributed by atoms with Crippen LogP contribution in [0.25, 0.3) is 0 Å². The van der Waals surface area contributed by atoms with Gasteiger partial charge < -0.3 is 10.2 Å². The summed E-state index contributed by atoms with van der Waals surface area (Å²) in [4.78, 5) is 0. The van der Waals surface area contributed by atoms with Gasteiger partial charge in [-0.25, -0.2) is 0 Å². The van der Waals surface area contributed by atoms with Gasteiger partial charge in [0.2, 0.25) is 0 Å². The van der Waals surface area contributed by atoms with Gasteiger partial charge in [0.1, 0.15) is 5.75 Å². The van der Waals surface area contributed by atoms with Gasteiger partial charge in [0.25, 0.3) is 0 Å². The third kappa shape index (κ3) is 1.99. The number of hydrogen-bond donors (Lipinski definition) is 2. The molecule has 1 atom stereocenters. The zero-order valence-electron chi connectivity index (χ0n) is 5.46. The fourth-order valence-electron chi connectivity index (χ4n) is 0.716. The van der Waals surface area contributed by atoms with Crippen molar-refractivity contribution in [1.82, 2.24) is 0 Å². The minimum Gasteiger partial charge on any atom is -0.508 e. The Morgan fingerprint density at radius 1 is 1.36 bits per heavy atom. The highest BCUT2D eigenvalue weighted by Crippen LogP contribution is 2.28. The first kappa shape index (κ1) is 8.65. The number of aliphatic hydroxyl groups is 1. The van der Waals surface area contributed by atoms with E-state index in [1.807, 2.05) is 0 Å². The minimum atomic E-state index is -1.21. The molecule has 0 saturated heterocycles. The summed E-state index contributed by atoms with van der Waals surface area (Å²) in [6.45, 7) is 0. The largest absolute Gasteiger partial charge is 0.508 e. The fraction of sp³-hybridized carbons (Fsp3) is 0.143. The van der Waals surface area contributed by atoms with Crippen LogP contribution in [0.4, 0.5) is 0 Å². The minimum absolute atomic E-state index is 0.0584. The summed E-state index contributed by atoms with van der Waals surface area (Å²) in [6.07, 6.45) is 0. The molecule has 2 nitrogen and oxygen atoms in total.